The maximum absolute atomic E-state index is 6.17. The zero-order valence-electron chi connectivity index (χ0n) is 10.6. The first-order valence-electron chi connectivity index (χ1n) is 5.99. The second kappa shape index (κ2) is 6.34. The monoisotopic (exact) mass is 284 g/mol. The molecule has 0 amide bonds. The lowest BCUT2D eigenvalue weighted by Crippen LogP contribution is -2.25. The lowest BCUT2D eigenvalue weighted by atomic mass is 10.2. The molecule has 1 aliphatic heterocycles. The van der Waals surface area contributed by atoms with E-state index >= 15 is 0 Å². The Hall–Kier alpha value is -0.870. The zero-order valence-corrected chi connectivity index (χ0v) is 12.1. The molecule has 98 valence electrons. The smallest absolute Gasteiger partial charge is 0.157 e. The molecule has 18 heavy (non-hydrogen) atoms. The summed E-state index contributed by atoms with van der Waals surface area (Å²) in [5.74, 6) is 1.89. The maximum Gasteiger partial charge on any atom is 0.157 e. The Bertz CT molecular complexity index is 451. The highest BCUT2D eigenvalue weighted by atomic mass is 35.5. The van der Waals surface area contributed by atoms with E-state index in [1.807, 2.05) is 18.2 Å². The van der Waals surface area contributed by atoms with Gasteiger partial charge in [-0.15, -0.1) is 0 Å². The molecular weight excluding hydrogens is 268 g/mol. The fourth-order valence-electron chi connectivity index (χ4n) is 1.78. The third-order valence-corrected chi connectivity index (χ3v) is 4.36. The highest BCUT2D eigenvalue weighted by molar-refractivity contribution is 8.14. The van der Waals surface area contributed by atoms with Crippen molar-refractivity contribution in [2.75, 3.05) is 12.9 Å². The first-order chi connectivity index (χ1) is 8.74. The van der Waals surface area contributed by atoms with Crippen LogP contribution in [-0.2, 0) is 6.54 Å². The molecule has 0 aromatic heterocycles. The topological polar surface area (TPSA) is 33.6 Å². The molecule has 0 bridgehead atoms. The van der Waals surface area contributed by atoms with Crippen molar-refractivity contribution in [1.82, 2.24) is 5.32 Å². The van der Waals surface area contributed by atoms with Crippen molar-refractivity contribution in [1.29, 1.82) is 0 Å². The fourth-order valence-corrected chi connectivity index (χ4v) is 3.09. The molecule has 2 rings (SSSR count). The van der Waals surface area contributed by atoms with Gasteiger partial charge in [0.1, 0.15) is 5.75 Å². The zero-order chi connectivity index (χ0) is 13.0. The van der Waals surface area contributed by atoms with E-state index in [1.54, 1.807) is 18.9 Å². The third kappa shape index (κ3) is 3.12. The lowest BCUT2D eigenvalue weighted by molar-refractivity contribution is 0.410. The number of halogens is 1. The van der Waals surface area contributed by atoms with Crippen LogP contribution in [0.25, 0.3) is 0 Å². The Morgan fingerprint density at radius 2 is 2.39 bits per heavy atom. The summed E-state index contributed by atoms with van der Waals surface area (Å²) in [5.41, 5.74) is 0.941. The van der Waals surface area contributed by atoms with E-state index in [0.717, 1.165) is 28.7 Å². The van der Waals surface area contributed by atoms with Gasteiger partial charge in [-0.3, -0.25) is 4.99 Å². The van der Waals surface area contributed by atoms with Gasteiger partial charge in [0.25, 0.3) is 0 Å². The number of nitrogens with zero attached hydrogens (tertiary/aromatic N) is 1. The van der Waals surface area contributed by atoms with Crippen LogP contribution >= 0.6 is 23.4 Å². The summed E-state index contributed by atoms with van der Waals surface area (Å²) in [4.78, 5) is 4.57. The molecule has 1 fully saturated rings. The molecular formula is C13H17ClN2OS. The first kappa shape index (κ1) is 13.6. The Morgan fingerprint density at radius 3 is 3.06 bits per heavy atom. The predicted octanol–water partition coefficient (Wildman–Crippen LogP) is 3.32. The predicted molar refractivity (Wildman–Crippen MR) is 78.8 cm³/mol. The van der Waals surface area contributed by atoms with Crippen LogP contribution in [0.15, 0.2) is 23.2 Å². The van der Waals surface area contributed by atoms with Gasteiger partial charge in [0, 0.05) is 22.4 Å². The van der Waals surface area contributed by atoms with Crippen molar-refractivity contribution >= 4 is 28.5 Å². The van der Waals surface area contributed by atoms with Gasteiger partial charge >= 0.3 is 0 Å². The van der Waals surface area contributed by atoms with E-state index in [4.69, 9.17) is 16.3 Å². The van der Waals surface area contributed by atoms with Crippen molar-refractivity contribution in [3.8, 4) is 5.75 Å². The highest BCUT2D eigenvalue weighted by Gasteiger charge is 2.18. The van der Waals surface area contributed by atoms with E-state index in [2.05, 4.69) is 17.2 Å². The number of aliphatic imine (C=N–C) groups is 1. The van der Waals surface area contributed by atoms with Crippen LogP contribution in [0.5, 0.6) is 5.75 Å². The second-order valence-electron chi connectivity index (χ2n) is 4.10. The Balaban J connectivity index is 2.08. The number of ether oxygens (including phenoxy) is 1. The van der Waals surface area contributed by atoms with Crippen LogP contribution < -0.4 is 10.1 Å². The van der Waals surface area contributed by atoms with Gasteiger partial charge < -0.3 is 10.1 Å². The van der Waals surface area contributed by atoms with Crippen LogP contribution in [0.2, 0.25) is 5.02 Å². The molecule has 5 heteroatoms. The van der Waals surface area contributed by atoms with Crippen LogP contribution in [0.4, 0.5) is 0 Å². The Morgan fingerprint density at radius 1 is 1.56 bits per heavy atom. The van der Waals surface area contributed by atoms with Crippen LogP contribution in [0.3, 0.4) is 0 Å². The van der Waals surface area contributed by atoms with Gasteiger partial charge in [0.2, 0.25) is 0 Å². The normalized spacial score (nSPS) is 21.1. The largest absolute Gasteiger partial charge is 0.496 e. The van der Waals surface area contributed by atoms with Crippen molar-refractivity contribution in [3.05, 3.63) is 28.8 Å². The summed E-state index contributed by atoms with van der Waals surface area (Å²) in [6, 6.07) is 6.20. The SMILES string of the molecule is CCC1CSC(=NCc2c(Cl)cccc2OC)N1. The van der Waals surface area contributed by atoms with Crippen molar-refractivity contribution < 1.29 is 4.74 Å². The maximum atomic E-state index is 6.17. The number of rotatable bonds is 4. The van der Waals surface area contributed by atoms with Gasteiger partial charge in [-0.1, -0.05) is 36.4 Å². The van der Waals surface area contributed by atoms with E-state index in [-0.39, 0.29) is 0 Å². The quantitative estimate of drug-likeness (QED) is 0.921. The highest BCUT2D eigenvalue weighted by Crippen LogP contribution is 2.27. The molecule has 3 nitrogen and oxygen atoms in total. The summed E-state index contributed by atoms with van der Waals surface area (Å²) in [7, 11) is 1.65. The van der Waals surface area contributed by atoms with Crippen molar-refractivity contribution in [3.63, 3.8) is 0 Å². The van der Waals surface area contributed by atoms with Gasteiger partial charge in [0.15, 0.2) is 5.17 Å². The minimum absolute atomic E-state index is 0.543. The number of benzene rings is 1. The number of nitrogens with one attached hydrogen (secondary N) is 1. The molecule has 1 aromatic carbocycles. The summed E-state index contributed by atoms with van der Waals surface area (Å²) < 4.78 is 5.30. The van der Waals surface area contributed by atoms with Crippen molar-refractivity contribution in [2.45, 2.75) is 25.9 Å². The lowest BCUT2D eigenvalue weighted by Gasteiger charge is -2.09. The fraction of sp³-hybridized carbons (Fsp3) is 0.462. The molecule has 0 saturated carbocycles. The molecule has 1 heterocycles. The average Bonchev–Trinajstić information content (AvgIpc) is 2.85. The van der Waals surface area contributed by atoms with Gasteiger partial charge in [0.05, 0.1) is 13.7 Å². The molecule has 1 unspecified atom stereocenters. The van der Waals surface area contributed by atoms with E-state index in [1.165, 1.54) is 0 Å². The number of methoxy groups -OCH3 is 1. The summed E-state index contributed by atoms with van der Waals surface area (Å²) in [6.07, 6.45) is 1.13. The molecule has 1 N–H and O–H groups in total. The molecule has 0 spiro atoms. The molecule has 1 aromatic rings. The van der Waals surface area contributed by atoms with Crippen LogP contribution in [0, 0.1) is 0 Å². The summed E-state index contributed by atoms with van der Waals surface area (Å²) >= 11 is 7.94. The van der Waals surface area contributed by atoms with Gasteiger partial charge in [-0.2, -0.15) is 0 Å². The van der Waals surface area contributed by atoms with Gasteiger partial charge in [-0.05, 0) is 18.6 Å². The van der Waals surface area contributed by atoms with Crippen LogP contribution in [0.1, 0.15) is 18.9 Å². The Kier molecular flexibility index (Phi) is 4.78. The first-order valence-corrected chi connectivity index (χ1v) is 7.36. The standard InChI is InChI=1S/C13H17ClN2OS/c1-3-9-8-18-13(16-9)15-7-10-11(14)5-4-6-12(10)17-2/h4-6,9H,3,7-8H2,1-2H3,(H,15,16). The van der Waals surface area contributed by atoms with E-state index in [9.17, 15) is 0 Å². The average molecular weight is 285 g/mol. The summed E-state index contributed by atoms with van der Waals surface area (Å²) in [6.45, 7) is 2.73. The number of hydrogen-bond acceptors (Lipinski definition) is 3. The molecule has 0 aliphatic carbocycles. The number of thioether (sulfide) groups is 1. The van der Waals surface area contributed by atoms with Gasteiger partial charge in [-0.25, -0.2) is 0 Å². The Labute approximate surface area is 117 Å². The van der Waals surface area contributed by atoms with Crippen LogP contribution in [-0.4, -0.2) is 24.1 Å². The molecule has 1 saturated heterocycles. The number of amidine groups is 1. The molecule has 1 aliphatic rings. The summed E-state index contributed by atoms with van der Waals surface area (Å²) in [5, 5.41) is 5.10. The number of hydrogen-bond donors (Lipinski definition) is 1. The van der Waals surface area contributed by atoms with E-state index in [0.29, 0.717) is 17.6 Å². The second-order valence-corrected chi connectivity index (χ2v) is 5.52. The van der Waals surface area contributed by atoms with Crippen molar-refractivity contribution in [2.24, 2.45) is 4.99 Å². The minimum atomic E-state index is 0.543. The molecule has 1 atom stereocenters. The van der Waals surface area contributed by atoms with E-state index < -0.39 is 0 Å². The minimum Gasteiger partial charge on any atom is -0.496 e. The third-order valence-electron chi connectivity index (χ3n) is 2.92. The molecule has 0 radical (unpaired) electrons.